The van der Waals surface area contributed by atoms with Gasteiger partial charge in [0.2, 0.25) is 5.91 Å². The average molecular weight is 372 g/mol. The van der Waals surface area contributed by atoms with Crippen LogP contribution >= 0.6 is 0 Å². The second-order valence-electron chi connectivity index (χ2n) is 6.60. The molecule has 0 unspecified atom stereocenters. The Morgan fingerprint density at radius 2 is 1.64 bits per heavy atom. The zero-order valence-corrected chi connectivity index (χ0v) is 15.3. The van der Waals surface area contributed by atoms with E-state index in [0.717, 1.165) is 17.7 Å². The highest BCUT2D eigenvalue weighted by Gasteiger charge is 2.27. The van der Waals surface area contributed by atoms with Crippen molar-refractivity contribution in [1.29, 1.82) is 0 Å². The fourth-order valence-electron chi connectivity index (χ4n) is 3.27. The molecule has 1 N–H and O–H groups in total. The molecule has 0 bridgehead atoms. The Morgan fingerprint density at radius 3 is 2.50 bits per heavy atom. The van der Waals surface area contributed by atoms with Gasteiger partial charge in [-0.3, -0.25) is 14.5 Å². The zero-order valence-electron chi connectivity index (χ0n) is 15.3. The first kappa shape index (κ1) is 17.8. The van der Waals surface area contributed by atoms with Gasteiger partial charge < -0.3 is 10.1 Å². The van der Waals surface area contributed by atoms with Gasteiger partial charge in [-0.2, -0.15) is 0 Å². The fourth-order valence-corrected chi connectivity index (χ4v) is 3.27. The van der Waals surface area contributed by atoms with E-state index in [2.05, 4.69) is 17.4 Å². The summed E-state index contributed by atoms with van der Waals surface area (Å²) >= 11 is 0. The molecule has 0 saturated carbocycles. The van der Waals surface area contributed by atoms with Gasteiger partial charge in [0.1, 0.15) is 12.3 Å². The largest absolute Gasteiger partial charge is 0.482 e. The van der Waals surface area contributed by atoms with Gasteiger partial charge >= 0.3 is 0 Å². The minimum Gasteiger partial charge on any atom is -0.482 e. The Balaban J connectivity index is 1.50. The van der Waals surface area contributed by atoms with Crippen LogP contribution in [0.25, 0.3) is 0 Å². The molecule has 1 aliphatic heterocycles. The van der Waals surface area contributed by atoms with Gasteiger partial charge in [0.05, 0.1) is 5.69 Å². The molecule has 0 saturated heterocycles. The van der Waals surface area contributed by atoms with E-state index in [1.807, 2.05) is 54.6 Å². The van der Waals surface area contributed by atoms with Gasteiger partial charge in [-0.15, -0.1) is 0 Å². The number of amides is 2. The lowest BCUT2D eigenvalue weighted by Crippen LogP contribution is -2.43. The van der Waals surface area contributed by atoms with E-state index in [0.29, 0.717) is 11.4 Å². The lowest BCUT2D eigenvalue weighted by Gasteiger charge is -2.28. The van der Waals surface area contributed by atoms with Crippen LogP contribution < -0.4 is 15.0 Å². The summed E-state index contributed by atoms with van der Waals surface area (Å²) in [5.74, 6) is 0.136. The molecule has 4 rings (SSSR count). The number of hydrogen-bond acceptors (Lipinski definition) is 3. The van der Waals surface area contributed by atoms with E-state index in [9.17, 15) is 9.59 Å². The van der Waals surface area contributed by atoms with Crippen LogP contribution in [0.2, 0.25) is 0 Å². The van der Waals surface area contributed by atoms with Crippen molar-refractivity contribution in [1.82, 2.24) is 0 Å². The predicted molar refractivity (Wildman–Crippen MR) is 109 cm³/mol. The van der Waals surface area contributed by atoms with Gasteiger partial charge in [0.25, 0.3) is 5.91 Å². The Hall–Kier alpha value is -3.60. The first-order valence-electron chi connectivity index (χ1n) is 9.14. The van der Waals surface area contributed by atoms with Crippen LogP contribution in [0.15, 0.2) is 78.9 Å². The van der Waals surface area contributed by atoms with Crippen molar-refractivity contribution in [2.75, 3.05) is 23.4 Å². The summed E-state index contributed by atoms with van der Waals surface area (Å²) in [5, 5.41) is 2.96. The van der Waals surface area contributed by atoms with Crippen LogP contribution in [0.1, 0.15) is 11.1 Å². The molecule has 0 atom stereocenters. The zero-order chi connectivity index (χ0) is 19.3. The van der Waals surface area contributed by atoms with Crippen LogP contribution in [0.3, 0.4) is 0 Å². The van der Waals surface area contributed by atoms with Crippen LogP contribution in [0, 0.1) is 0 Å². The summed E-state index contributed by atoms with van der Waals surface area (Å²) in [5.41, 5.74) is 3.56. The molecule has 3 aromatic rings. The van der Waals surface area contributed by atoms with Crippen molar-refractivity contribution in [2.45, 2.75) is 6.42 Å². The van der Waals surface area contributed by atoms with Gasteiger partial charge in [-0.25, -0.2) is 0 Å². The van der Waals surface area contributed by atoms with Crippen LogP contribution in [-0.2, 0) is 16.0 Å². The number of rotatable bonds is 5. The molecule has 5 nitrogen and oxygen atoms in total. The topological polar surface area (TPSA) is 58.6 Å². The highest BCUT2D eigenvalue weighted by molar-refractivity contribution is 6.05. The Bertz CT molecular complexity index is 1000. The highest BCUT2D eigenvalue weighted by atomic mass is 16.5. The Labute approximate surface area is 163 Å². The lowest BCUT2D eigenvalue weighted by molar-refractivity contribution is -0.123. The second kappa shape index (κ2) is 7.96. The Morgan fingerprint density at radius 1 is 0.929 bits per heavy atom. The van der Waals surface area contributed by atoms with Gasteiger partial charge in [-0.05, 0) is 35.7 Å². The highest BCUT2D eigenvalue weighted by Crippen LogP contribution is 2.31. The summed E-state index contributed by atoms with van der Waals surface area (Å²) < 4.78 is 5.43. The number of benzene rings is 3. The normalized spacial score (nSPS) is 12.9. The molecule has 0 spiro atoms. The minimum atomic E-state index is -0.245. The average Bonchev–Trinajstić information content (AvgIpc) is 2.72. The van der Waals surface area contributed by atoms with Crippen molar-refractivity contribution in [3.05, 3.63) is 90.0 Å². The molecular weight excluding hydrogens is 352 g/mol. The third-order valence-electron chi connectivity index (χ3n) is 4.64. The number of carbonyl (C=O) groups excluding carboxylic acids is 2. The number of anilines is 2. The molecule has 1 heterocycles. The number of fused-ring (bicyclic) bond motifs is 1. The molecule has 3 aromatic carbocycles. The maximum Gasteiger partial charge on any atom is 0.265 e. The smallest absolute Gasteiger partial charge is 0.265 e. The molecule has 0 aromatic heterocycles. The van der Waals surface area contributed by atoms with E-state index in [4.69, 9.17) is 4.74 Å². The second-order valence-corrected chi connectivity index (χ2v) is 6.60. The third kappa shape index (κ3) is 3.88. The molecule has 28 heavy (non-hydrogen) atoms. The number of nitrogens with zero attached hydrogens (tertiary/aromatic N) is 1. The molecule has 0 aliphatic carbocycles. The van der Waals surface area contributed by atoms with Crippen LogP contribution in [-0.4, -0.2) is 25.0 Å². The Kier molecular flexibility index (Phi) is 5.06. The summed E-state index contributed by atoms with van der Waals surface area (Å²) in [6.07, 6.45) is 0.719. The van der Waals surface area contributed by atoms with Gasteiger partial charge in [0, 0.05) is 5.69 Å². The molecule has 0 fully saturated rings. The quantitative estimate of drug-likeness (QED) is 0.744. The lowest BCUT2D eigenvalue weighted by atomic mass is 10.0. The number of carbonyl (C=O) groups is 2. The summed E-state index contributed by atoms with van der Waals surface area (Å²) in [6, 6.07) is 25.0. The van der Waals surface area contributed by atoms with E-state index in [1.54, 1.807) is 12.1 Å². The van der Waals surface area contributed by atoms with Crippen LogP contribution in [0.5, 0.6) is 5.75 Å². The van der Waals surface area contributed by atoms with E-state index < -0.39 is 0 Å². The van der Waals surface area contributed by atoms with Gasteiger partial charge in [0.15, 0.2) is 6.61 Å². The van der Waals surface area contributed by atoms with Crippen molar-refractivity contribution >= 4 is 23.2 Å². The van der Waals surface area contributed by atoms with E-state index in [1.165, 1.54) is 10.5 Å². The number of nitrogens with one attached hydrogen (secondary N) is 1. The van der Waals surface area contributed by atoms with Crippen LogP contribution in [0.4, 0.5) is 11.4 Å². The maximum absolute atomic E-state index is 12.7. The van der Waals surface area contributed by atoms with E-state index in [-0.39, 0.29) is 25.0 Å². The van der Waals surface area contributed by atoms with Crippen molar-refractivity contribution in [2.24, 2.45) is 0 Å². The SMILES string of the molecule is O=C(CN1C(=O)COc2ccccc21)Nc1ccccc1Cc1ccccc1. The van der Waals surface area contributed by atoms with E-state index >= 15 is 0 Å². The summed E-state index contributed by atoms with van der Waals surface area (Å²) in [6.45, 7) is -0.117. The first-order valence-corrected chi connectivity index (χ1v) is 9.14. The molecule has 140 valence electrons. The predicted octanol–water partition coefficient (Wildman–Crippen LogP) is 3.64. The van der Waals surface area contributed by atoms with Crippen molar-refractivity contribution < 1.29 is 14.3 Å². The number of para-hydroxylation sites is 3. The van der Waals surface area contributed by atoms with Crippen molar-refractivity contribution in [3.63, 3.8) is 0 Å². The molecule has 5 heteroatoms. The first-order chi connectivity index (χ1) is 13.7. The van der Waals surface area contributed by atoms with Gasteiger partial charge in [-0.1, -0.05) is 60.7 Å². The number of hydrogen-bond donors (Lipinski definition) is 1. The molecule has 0 radical (unpaired) electrons. The summed E-state index contributed by atoms with van der Waals surface area (Å²) in [4.78, 5) is 26.4. The minimum absolute atomic E-state index is 0.0567. The monoisotopic (exact) mass is 372 g/mol. The third-order valence-corrected chi connectivity index (χ3v) is 4.64. The molecular formula is C23H20N2O3. The molecule has 1 aliphatic rings. The number of ether oxygens (including phenoxy) is 1. The fraction of sp³-hybridized carbons (Fsp3) is 0.130. The van der Waals surface area contributed by atoms with Crippen molar-refractivity contribution in [3.8, 4) is 5.75 Å². The summed E-state index contributed by atoms with van der Waals surface area (Å²) in [7, 11) is 0. The maximum atomic E-state index is 12.7. The standard InChI is InChI=1S/C23H20N2O3/c26-22(15-25-20-12-6-7-13-21(20)28-16-23(25)27)24-19-11-5-4-10-18(19)14-17-8-2-1-3-9-17/h1-13H,14-16H2,(H,24,26). The molecule has 2 amide bonds.